The maximum atomic E-state index is 10.9. The second-order valence-electron chi connectivity index (χ2n) is 2.09. The monoisotopic (exact) mass is 235 g/mol. The van der Waals surface area contributed by atoms with Crippen molar-refractivity contribution >= 4 is 25.8 Å². The third kappa shape index (κ3) is 2.27. The molecule has 0 aliphatic rings. The van der Waals surface area contributed by atoms with Crippen LogP contribution in [-0.2, 0) is 9.84 Å². The Hall–Kier alpha value is -0.420. The molecule has 0 radical (unpaired) electrons. The second-order valence-corrected chi connectivity index (χ2v) is 4.91. The largest absolute Gasteiger partial charge is 0.249 e. The van der Waals surface area contributed by atoms with Crippen LogP contribution in [0, 0.1) is 0 Å². The fourth-order valence-electron chi connectivity index (χ4n) is 0.615. The van der Waals surface area contributed by atoms with Gasteiger partial charge in [-0.2, -0.15) is 0 Å². The number of sulfone groups is 1. The minimum atomic E-state index is -3.10. The Morgan fingerprint density at radius 2 is 2.18 bits per heavy atom. The van der Waals surface area contributed by atoms with E-state index in [1.54, 1.807) is 0 Å². The Bertz CT molecular complexity index is 361. The lowest BCUT2D eigenvalue weighted by atomic mass is 10.5. The van der Waals surface area contributed by atoms with E-state index in [4.69, 9.17) is 0 Å². The molecule has 60 valence electrons. The van der Waals surface area contributed by atoms with Crippen LogP contribution in [0.4, 0.5) is 0 Å². The van der Waals surface area contributed by atoms with Gasteiger partial charge in [0.2, 0.25) is 0 Å². The smallest absolute Gasteiger partial charge is 0.175 e. The predicted octanol–water partition coefficient (Wildman–Crippen LogP) is 1.25. The van der Waals surface area contributed by atoms with Crippen LogP contribution in [0.15, 0.2) is 27.8 Å². The third-order valence-corrected chi connectivity index (χ3v) is 2.67. The molecule has 0 aromatic carbocycles. The Labute approximate surface area is 73.5 Å². The molecule has 0 unspecified atom stereocenters. The van der Waals surface area contributed by atoms with Crippen LogP contribution in [0.3, 0.4) is 0 Å². The van der Waals surface area contributed by atoms with Crippen molar-refractivity contribution in [2.24, 2.45) is 0 Å². The number of nitrogens with zero attached hydrogens (tertiary/aromatic N) is 1. The summed E-state index contributed by atoms with van der Waals surface area (Å²) in [6.45, 7) is 0. The van der Waals surface area contributed by atoms with Gasteiger partial charge >= 0.3 is 0 Å². The van der Waals surface area contributed by atoms with Gasteiger partial charge in [0.25, 0.3) is 0 Å². The topological polar surface area (TPSA) is 47.0 Å². The van der Waals surface area contributed by atoms with Crippen LogP contribution in [0.25, 0.3) is 0 Å². The molecule has 0 N–H and O–H groups in total. The zero-order valence-corrected chi connectivity index (χ0v) is 8.18. The lowest BCUT2D eigenvalue weighted by Gasteiger charge is -1.95. The summed E-state index contributed by atoms with van der Waals surface area (Å²) in [7, 11) is -3.10. The molecule has 5 heteroatoms. The number of rotatable bonds is 1. The minimum Gasteiger partial charge on any atom is -0.249 e. The van der Waals surface area contributed by atoms with Crippen LogP contribution >= 0.6 is 15.9 Å². The molecule has 0 fully saturated rings. The summed E-state index contributed by atoms with van der Waals surface area (Å²) in [5.41, 5.74) is 0. The van der Waals surface area contributed by atoms with Gasteiger partial charge in [-0.05, 0) is 28.1 Å². The maximum Gasteiger partial charge on any atom is 0.175 e. The van der Waals surface area contributed by atoms with Crippen molar-refractivity contribution in [1.82, 2.24) is 4.98 Å². The summed E-state index contributed by atoms with van der Waals surface area (Å²) in [6, 6.07) is 2.93. The Morgan fingerprint density at radius 1 is 1.55 bits per heavy atom. The van der Waals surface area contributed by atoms with Crippen molar-refractivity contribution in [3.05, 3.63) is 22.9 Å². The zero-order valence-electron chi connectivity index (χ0n) is 5.78. The molecule has 0 bridgehead atoms. The zero-order chi connectivity index (χ0) is 8.48. The molecule has 1 rings (SSSR count). The molecule has 0 atom stereocenters. The summed E-state index contributed by atoms with van der Waals surface area (Å²) in [5, 5.41) is 0. The van der Waals surface area contributed by atoms with Crippen molar-refractivity contribution in [1.29, 1.82) is 0 Å². The van der Waals surface area contributed by atoms with Crippen LogP contribution in [-0.4, -0.2) is 19.7 Å². The van der Waals surface area contributed by atoms with Gasteiger partial charge in [-0.3, -0.25) is 0 Å². The van der Waals surface area contributed by atoms with E-state index in [-0.39, 0.29) is 4.90 Å². The van der Waals surface area contributed by atoms with E-state index in [9.17, 15) is 8.42 Å². The predicted molar refractivity (Wildman–Crippen MR) is 45.0 cm³/mol. The first-order valence-electron chi connectivity index (χ1n) is 2.82. The molecule has 1 heterocycles. The molecule has 1 aromatic heterocycles. The fourth-order valence-corrected chi connectivity index (χ4v) is 1.77. The van der Waals surface area contributed by atoms with Crippen molar-refractivity contribution in [3.8, 4) is 0 Å². The average molecular weight is 236 g/mol. The van der Waals surface area contributed by atoms with Crippen molar-refractivity contribution < 1.29 is 8.42 Å². The lowest BCUT2D eigenvalue weighted by molar-refractivity contribution is 0.601. The van der Waals surface area contributed by atoms with Gasteiger partial charge in [-0.25, -0.2) is 13.4 Å². The van der Waals surface area contributed by atoms with Crippen molar-refractivity contribution in [2.45, 2.75) is 4.90 Å². The first-order valence-corrected chi connectivity index (χ1v) is 5.50. The molecule has 0 saturated heterocycles. The fraction of sp³-hybridized carbons (Fsp3) is 0.167. The van der Waals surface area contributed by atoms with E-state index in [0.29, 0.717) is 4.60 Å². The Morgan fingerprint density at radius 3 is 2.55 bits per heavy atom. The van der Waals surface area contributed by atoms with Gasteiger partial charge in [0.05, 0.1) is 4.90 Å². The molecule has 1 aromatic rings. The molecule has 0 spiro atoms. The van der Waals surface area contributed by atoms with Gasteiger partial charge in [-0.1, -0.05) is 0 Å². The molecule has 0 saturated carbocycles. The summed E-state index contributed by atoms with van der Waals surface area (Å²) in [5.74, 6) is 0. The van der Waals surface area contributed by atoms with E-state index in [1.165, 1.54) is 18.3 Å². The number of hydrogen-bond donors (Lipinski definition) is 0. The average Bonchev–Trinajstić information content (AvgIpc) is 1.86. The van der Waals surface area contributed by atoms with Crippen LogP contribution < -0.4 is 0 Å². The third-order valence-electron chi connectivity index (χ3n) is 1.13. The summed E-state index contributed by atoms with van der Waals surface area (Å²) >= 11 is 3.08. The Balaban J connectivity index is 3.28. The quantitative estimate of drug-likeness (QED) is 0.689. The molecule has 11 heavy (non-hydrogen) atoms. The number of hydrogen-bond acceptors (Lipinski definition) is 3. The highest BCUT2D eigenvalue weighted by Crippen LogP contribution is 2.12. The molecule has 0 aliphatic carbocycles. The molecule has 0 aliphatic heterocycles. The first kappa shape index (κ1) is 8.67. The standard InChI is InChI=1S/C6H6BrNO2S/c1-11(9,10)5-2-3-8-6(7)4-5/h2-4H,1H3. The van der Waals surface area contributed by atoms with Crippen LogP contribution in [0.1, 0.15) is 0 Å². The summed E-state index contributed by atoms with van der Waals surface area (Å²) < 4.78 is 22.4. The van der Waals surface area contributed by atoms with Gasteiger partial charge in [0.1, 0.15) is 4.60 Å². The summed E-state index contributed by atoms with van der Waals surface area (Å²) in [6.07, 6.45) is 2.61. The van der Waals surface area contributed by atoms with Crippen molar-refractivity contribution in [3.63, 3.8) is 0 Å². The molecule has 3 nitrogen and oxygen atoms in total. The SMILES string of the molecule is CS(=O)(=O)c1ccnc(Br)c1. The summed E-state index contributed by atoms with van der Waals surface area (Å²) in [4.78, 5) is 4.08. The normalized spacial score (nSPS) is 11.5. The van der Waals surface area contributed by atoms with Crippen molar-refractivity contribution in [2.75, 3.05) is 6.26 Å². The van der Waals surface area contributed by atoms with Gasteiger partial charge in [0, 0.05) is 12.5 Å². The van der Waals surface area contributed by atoms with Crippen LogP contribution in [0.2, 0.25) is 0 Å². The second kappa shape index (κ2) is 2.91. The van der Waals surface area contributed by atoms with Gasteiger partial charge in [-0.15, -0.1) is 0 Å². The van der Waals surface area contributed by atoms with E-state index >= 15 is 0 Å². The van der Waals surface area contributed by atoms with E-state index in [0.717, 1.165) is 6.26 Å². The van der Waals surface area contributed by atoms with E-state index < -0.39 is 9.84 Å². The highest BCUT2D eigenvalue weighted by atomic mass is 79.9. The Kier molecular flexibility index (Phi) is 2.29. The lowest BCUT2D eigenvalue weighted by Crippen LogP contribution is -1.96. The maximum absolute atomic E-state index is 10.9. The minimum absolute atomic E-state index is 0.277. The van der Waals surface area contributed by atoms with E-state index in [1.807, 2.05) is 0 Å². The number of aromatic nitrogens is 1. The molecular formula is C6H6BrNO2S. The van der Waals surface area contributed by atoms with E-state index in [2.05, 4.69) is 20.9 Å². The highest BCUT2D eigenvalue weighted by Gasteiger charge is 2.06. The highest BCUT2D eigenvalue weighted by molar-refractivity contribution is 9.10. The van der Waals surface area contributed by atoms with Gasteiger partial charge < -0.3 is 0 Å². The first-order chi connectivity index (χ1) is 5.00. The number of pyridine rings is 1. The molecule has 0 amide bonds. The van der Waals surface area contributed by atoms with Gasteiger partial charge in [0.15, 0.2) is 9.84 Å². The van der Waals surface area contributed by atoms with Crippen LogP contribution in [0.5, 0.6) is 0 Å². The molecular weight excluding hydrogens is 230 g/mol. The number of halogens is 1.